The number of allylic oxidation sites excluding steroid dienone is 3. The molecule has 2 aliphatic rings. The number of alkyl halides is 1. The molecule has 1 aromatic rings. The third-order valence-corrected chi connectivity index (χ3v) is 7.68. The summed E-state index contributed by atoms with van der Waals surface area (Å²) in [4.78, 5) is 19.3. The molecule has 234 valence electrons. The van der Waals surface area contributed by atoms with Gasteiger partial charge in [-0.2, -0.15) is 0 Å². The number of amidine groups is 1. The molecule has 3 rings (SSSR count). The van der Waals surface area contributed by atoms with E-state index in [9.17, 15) is 18.1 Å². The predicted molar refractivity (Wildman–Crippen MR) is 174 cm³/mol. The maximum atomic E-state index is 13.4. The Morgan fingerprint density at radius 2 is 2.02 bits per heavy atom. The molecule has 2 atom stereocenters. The minimum absolute atomic E-state index is 0.0556. The highest BCUT2D eigenvalue weighted by Gasteiger charge is 2.37. The summed E-state index contributed by atoms with van der Waals surface area (Å²) < 4.78 is 38.1. The first-order valence-electron chi connectivity index (χ1n) is 14.8. The zero-order valence-corrected chi connectivity index (χ0v) is 27.1. The van der Waals surface area contributed by atoms with E-state index in [1.807, 2.05) is 32.3 Å². The number of unbranched alkanes of at least 4 members (excludes halogenated alkanes) is 4. The van der Waals surface area contributed by atoms with Crippen LogP contribution in [0.1, 0.15) is 79.6 Å². The fourth-order valence-electron chi connectivity index (χ4n) is 4.51. The van der Waals surface area contributed by atoms with E-state index in [2.05, 4.69) is 29.3 Å². The molecule has 0 bridgehead atoms. The molecular formula is C32H46ClF3N4OS. The van der Waals surface area contributed by atoms with E-state index in [1.54, 1.807) is 23.9 Å². The molecule has 1 fully saturated rings. The minimum Gasteiger partial charge on any atom is -0.351 e. The number of halogens is 4. The van der Waals surface area contributed by atoms with E-state index < -0.39 is 6.67 Å². The number of rotatable bonds is 13. The minimum atomic E-state index is -0.687. The molecule has 1 N–H and O–H groups in total. The quantitative estimate of drug-likeness (QED) is 0.175. The average Bonchev–Trinajstić information content (AvgIpc) is 3.41. The fraction of sp³-hybridized carbons (Fsp3) is 0.531. The number of benzene rings is 1. The molecule has 0 spiro atoms. The molecular weight excluding hydrogens is 581 g/mol. The van der Waals surface area contributed by atoms with Crippen molar-refractivity contribution in [3.8, 4) is 0 Å². The first-order chi connectivity index (χ1) is 20.3. The molecule has 2 unspecified atom stereocenters. The van der Waals surface area contributed by atoms with Crippen molar-refractivity contribution in [3.63, 3.8) is 0 Å². The summed E-state index contributed by atoms with van der Waals surface area (Å²) >= 11 is 7.07. The van der Waals surface area contributed by atoms with Gasteiger partial charge in [0, 0.05) is 35.7 Å². The number of thioether (sulfide) groups is 1. The Hall–Kier alpha value is -2.52. The Morgan fingerprint density at radius 3 is 2.62 bits per heavy atom. The van der Waals surface area contributed by atoms with E-state index >= 15 is 0 Å². The highest BCUT2D eigenvalue weighted by molar-refractivity contribution is 8.03. The van der Waals surface area contributed by atoms with Crippen LogP contribution in [-0.2, 0) is 4.79 Å². The third-order valence-electron chi connectivity index (χ3n) is 6.40. The lowest BCUT2D eigenvalue weighted by Crippen LogP contribution is -2.41. The van der Waals surface area contributed by atoms with E-state index in [0.717, 1.165) is 30.8 Å². The summed E-state index contributed by atoms with van der Waals surface area (Å²) in [5, 5.41) is 8.61. The molecule has 0 radical (unpaired) electrons. The lowest BCUT2D eigenvalue weighted by Gasteiger charge is -2.31. The van der Waals surface area contributed by atoms with Crippen LogP contribution < -0.4 is 5.32 Å². The van der Waals surface area contributed by atoms with Crippen LogP contribution in [0.5, 0.6) is 0 Å². The van der Waals surface area contributed by atoms with Crippen molar-refractivity contribution < 1.29 is 18.1 Å². The predicted octanol–water partition coefficient (Wildman–Crippen LogP) is 9.22. The van der Waals surface area contributed by atoms with Crippen LogP contribution in [0.15, 0.2) is 69.4 Å². The largest absolute Gasteiger partial charge is 0.351 e. The zero-order chi connectivity index (χ0) is 31.3. The van der Waals surface area contributed by atoms with Crippen LogP contribution in [0, 0.1) is 5.82 Å². The number of hydrogen-bond acceptors (Lipinski definition) is 5. The second-order valence-electron chi connectivity index (χ2n) is 9.56. The molecule has 1 amide bonds. The first kappa shape index (κ1) is 37.5. The summed E-state index contributed by atoms with van der Waals surface area (Å²) in [6, 6.07) is 5.74. The summed E-state index contributed by atoms with van der Waals surface area (Å²) in [6.45, 7) is 10.4. The topological polar surface area (TPSA) is 57.1 Å². The Balaban J connectivity index is 0.000000748. The van der Waals surface area contributed by atoms with Gasteiger partial charge >= 0.3 is 0 Å². The summed E-state index contributed by atoms with van der Waals surface area (Å²) in [5.41, 5.74) is 1.67. The highest BCUT2D eigenvalue weighted by atomic mass is 35.5. The zero-order valence-electron chi connectivity index (χ0n) is 25.5. The number of hydrogen-bond donors (Lipinski definition) is 1. The van der Waals surface area contributed by atoms with Gasteiger partial charge in [0.15, 0.2) is 0 Å². The third kappa shape index (κ3) is 13.2. The molecule has 42 heavy (non-hydrogen) atoms. The number of fused-ring (bicyclic) bond motifs is 1. The Morgan fingerprint density at radius 1 is 1.29 bits per heavy atom. The van der Waals surface area contributed by atoms with Crippen molar-refractivity contribution in [1.82, 2.24) is 10.2 Å². The Kier molecular flexibility index (Phi) is 19.7. The van der Waals surface area contributed by atoms with E-state index in [1.165, 1.54) is 37.1 Å². The van der Waals surface area contributed by atoms with Gasteiger partial charge in [-0.15, -0.1) is 11.8 Å². The fourth-order valence-corrected chi connectivity index (χ4v) is 5.40. The lowest BCUT2D eigenvalue weighted by molar-refractivity contribution is -0.121. The standard InChI is InChI=1S/C24H36F2N4OS.C6H4ClF.C2H6/c1-4-6-7-8-9-12-23(31)28-19-15-22-20(21(29-26)11-10-13-25)16-27-24(30(22)17-19)18(3)32-14-5-2;7-5-2-1-3-6(8)4-5;1-2/h5,10-11,14,18-19H,4,6-9,12-13,15-17H2,1-3H3,(H,28,31);1-4H;1-2H3/b11-10-,14-5-,29-21+;;. The smallest absolute Gasteiger partial charge is 0.220 e. The second kappa shape index (κ2) is 22.1. The monoisotopic (exact) mass is 626 g/mol. The summed E-state index contributed by atoms with van der Waals surface area (Å²) in [5.74, 6) is 0.674. The maximum Gasteiger partial charge on any atom is 0.220 e. The lowest BCUT2D eigenvalue weighted by atomic mass is 10.0. The molecule has 2 heterocycles. The van der Waals surface area contributed by atoms with Gasteiger partial charge in [0.2, 0.25) is 5.91 Å². The molecule has 1 aromatic carbocycles. The van der Waals surface area contributed by atoms with Gasteiger partial charge < -0.3 is 10.2 Å². The van der Waals surface area contributed by atoms with Crippen molar-refractivity contribution in [1.29, 1.82) is 0 Å². The molecule has 0 aromatic heterocycles. The van der Waals surface area contributed by atoms with Gasteiger partial charge in [-0.3, -0.25) is 9.79 Å². The van der Waals surface area contributed by atoms with Crippen LogP contribution in [0.3, 0.4) is 0 Å². The van der Waals surface area contributed by atoms with E-state index in [0.29, 0.717) is 36.5 Å². The number of aliphatic imine (C=N–C) groups is 1. The van der Waals surface area contributed by atoms with Crippen molar-refractivity contribution in [2.24, 2.45) is 10.2 Å². The number of amides is 1. The molecule has 0 aliphatic carbocycles. The van der Waals surface area contributed by atoms with Crippen molar-refractivity contribution in [3.05, 3.63) is 70.0 Å². The highest BCUT2D eigenvalue weighted by Crippen LogP contribution is 2.33. The molecule has 5 nitrogen and oxygen atoms in total. The second-order valence-corrected chi connectivity index (χ2v) is 11.2. The Bertz CT molecular complexity index is 1090. The number of nitrogens with one attached hydrogen (secondary N) is 1. The summed E-state index contributed by atoms with van der Waals surface area (Å²) in [7, 11) is 0. The van der Waals surface area contributed by atoms with Crippen molar-refractivity contribution in [2.45, 2.75) is 90.9 Å². The van der Waals surface area contributed by atoms with Crippen LogP contribution in [0.2, 0.25) is 5.02 Å². The molecule has 10 heteroatoms. The SMILES string of the molecule is C/C=C\SC(C)C1=NCC(C(/C=C\CF)=N/F)=C2CC(NC(=O)CCCCCCC)CN12.CC.Fc1cccc(Cl)c1. The molecule has 1 saturated heterocycles. The van der Waals surface area contributed by atoms with Crippen LogP contribution in [-0.4, -0.2) is 53.4 Å². The van der Waals surface area contributed by atoms with Gasteiger partial charge in [-0.1, -0.05) is 86.0 Å². The van der Waals surface area contributed by atoms with E-state index in [-0.39, 0.29) is 28.7 Å². The average molecular weight is 627 g/mol. The van der Waals surface area contributed by atoms with Crippen LogP contribution >= 0.6 is 23.4 Å². The molecule has 2 aliphatic heterocycles. The van der Waals surface area contributed by atoms with Gasteiger partial charge in [-0.05, 0) is 50.0 Å². The first-order valence-corrected chi connectivity index (χ1v) is 16.1. The number of nitrogens with zero attached hydrogens (tertiary/aromatic N) is 3. The van der Waals surface area contributed by atoms with Crippen molar-refractivity contribution in [2.75, 3.05) is 19.8 Å². The van der Waals surface area contributed by atoms with Crippen LogP contribution in [0.25, 0.3) is 0 Å². The number of carbonyl (C=O) groups excluding carboxylic acids is 1. The van der Waals surface area contributed by atoms with Gasteiger partial charge in [0.25, 0.3) is 0 Å². The van der Waals surface area contributed by atoms with Gasteiger partial charge in [-0.25, -0.2) is 8.78 Å². The molecule has 0 saturated carbocycles. The van der Waals surface area contributed by atoms with Gasteiger partial charge in [0.05, 0.1) is 17.8 Å². The maximum absolute atomic E-state index is 13.4. The number of carbonyl (C=O) groups is 1. The van der Waals surface area contributed by atoms with Crippen molar-refractivity contribution >= 4 is 40.8 Å². The van der Waals surface area contributed by atoms with E-state index in [4.69, 9.17) is 16.6 Å². The summed E-state index contributed by atoms with van der Waals surface area (Å²) in [6.07, 6.45) is 11.2. The van der Waals surface area contributed by atoms with Gasteiger partial charge in [0.1, 0.15) is 24.0 Å². The van der Waals surface area contributed by atoms with Crippen LogP contribution in [0.4, 0.5) is 13.3 Å². The Labute approximate surface area is 259 Å². The normalized spacial score (nSPS) is 17.4.